The van der Waals surface area contributed by atoms with Crippen molar-refractivity contribution in [2.24, 2.45) is 17.3 Å². The summed E-state index contributed by atoms with van der Waals surface area (Å²) in [7, 11) is 0. The summed E-state index contributed by atoms with van der Waals surface area (Å²) < 4.78 is 0. The molecule has 0 aromatic heterocycles. The highest BCUT2D eigenvalue weighted by atomic mass is 79.9. The van der Waals surface area contributed by atoms with Crippen LogP contribution in [0.4, 0.5) is 0 Å². The van der Waals surface area contributed by atoms with Gasteiger partial charge in [0.1, 0.15) is 0 Å². The van der Waals surface area contributed by atoms with Crippen molar-refractivity contribution < 1.29 is 4.79 Å². The number of nitrogens with one attached hydrogen (secondary N) is 1. The standard InChI is InChI=1S/C14H21BrClNO/c1-9(15)12(18)17-8-13-3-10-2-11(4-13)6-14(16,5-10)7-13/h9-11H,2-8H2,1H3,(H,17,18). The van der Waals surface area contributed by atoms with Crippen LogP contribution in [-0.4, -0.2) is 22.2 Å². The Morgan fingerprint density at radius 3 is 2.50 bits per heavy atom. The molecule has 0 aliphatic heterocycles. The highest BCUT2D eigenvalue weighted by molar-refractivity contribution is 9.10. The van der Waals surface area contributed by atoms with Crippen molar-refractivity contribution in [2.75, 3.05) is 6.54 Å². The van der Waals surface area contributed by atoms with Crippen molar-refractivity contribution in [3.05, 3.63) is 0 Å². The van der Waals surface area contributed by atoms with Gasteiger partial charge in [-0.3, -0.25) is 4.79 Å². The average molecular weight is 335 g/mol. The Kier molecular flexibility index (Phi) is 3.22. The van der Waals surface area contributed by atoms with Crippen molar-refractivity contribution in [1.29, 1.82) is 0 Å². The first-order chi connectivity index (χ1) is 8.40. The predicted molar refractivity (Wildman–Crippen MR) is 77.1 cm³/mol. The molecule has 4 aliphatic carbocycles. The lowest BCUT2D eigenvalue weighted by Crippen LogP contribution is -2.56. The molecule has 102 valence electrons. The zero-order chi connectivity index (χ0) is 13.0. The van der Waals surface area contributed by atoms with Gasteiger partial charge in [0.25, 0.3) is 0 Å². The van der Waals surface area contributed by atoms with Crippen LogP contribution in [0.5, 0.6) is 0 Å². The fourth-order valence-electron chi connectivity index (χ4n) is 4.96. The Bertz CT molecular complexity index is 357. The summed E-state index contributed by atoms with van der Waals surface area (Å²) in [6, 6.07) is 0. The van der Waals surface area contributed by atoms with E-state index in [0.717, 1.165) is 24.8 Å². The van der Waals surface area contributed by atoms with Crippen molar-refractivity contribution in [1.82, 2.24) is 5.32 Å². The summed E-state index contributed by atoms with van der Waals surface area (Å²) >= 11 is 10.1. The lowest BCUT2D eigenvalue weighted by molar-refractivity contribution is -0.122. The van der Waals surface area contributed by atoms with Crippen LogP contribution in [0.1, 0.15) is 45.4 Å². The van der Waals surface area contributed by atoms with E-state index in [4.69, 9.17) is 11.6 Å². The van der Waals surface area contributed by atoms with Gasteiger partial charge in [0, 0.05) is 11.4 Å². The summed E-state index contributed by atoms with van der Waals surface area (Å²) in [6.45, 7) is 2.70. The molecule has 1 amide bonds. The largest absolute Gasteiger partial charge is 0.355 e. The van der Waals surface area contributed by atoms with Crippen LogP contribution in [0.25, 0.3) is 0 Å². The van der Waals surface area contributed by atoms with Gasteiger partial charge in [-0.15, -0.1) is 11.6 Å². The fourth-order valence-corrected chi connectivity index (χ4v) is 5.84. The molecule has 4 saturated carbocycles. The second kappa shape index (κ2) is 4.37. The van der Waals surface area contributed by atoms with E-state index in [1.54, 1.807) is 0 Å². The Morgan fingerprint density at radius 1 is 1.39 bits per heavy atom. The number of hydrogen-bond donors (Lipinski definition) is 1. The fraction of sp³-hybridized carbons (Fsp3) is 0.929. The lowest BCUT2D eigenvalue weighted by Gasteiger charge is -2.60. The number of halogens is 2. The third kappa shape index (κ3) is 2.33. The normalized spacial score (nSPS) is 47.1. The molecule has 0 aromatic rings. The Morgan fingerprint density at radius 2 is 2.00 bits per heavy atom. The second-order valence-corrected chi connectivity index (χ2v) is 9.12. The molecule has 3 unspecified atom stereocenters. The van der Waals surface area contributed by atoms with Crippen molar-refractivity contribution in [2.45, 2.75) is 55.2 Å². The van der Waals surface area contributed by atoms with Crippen LogP contribution < -0.4 is 5.32 Å². The first-order valence-electron chi connectivity index (χ1n) is 7.01. The lowest BCUT2D eigenvalue weighted by atomic mass is 9.49. The highest BCUT2D eigenvalue weighted by Crippen LogP contribution is 2.63. The molecule has 4 fully saturated rings. The summed E-state index contributed by atoms with van der Waals surface area (Å²) in [5, 5.41) is 3.11. The number of carbonyl (C=O) groups excluding carboxylic acids is 1. The molecule has 0 saturated heterocycles. The van der Waals surface area contributed by atoms with E-state index in [0.29, 0.717) is 5.41 Å². The first kappa shape index (κ1) is 13.2. The zero-order valence-electron chi connectivity index (χ0n) is 10.8. The topological polar surface area (TPSA) is 29.1 Å². The summed E-state index contributed by atoms with van der Waals surface area (Å²) in [6.07, 6.45) is 7.43. The number of amides is 1. The van der Waals surface area contributed by atoms with Gasteiger partial charge in [-0.25, -0.2) is 0 Å². The second-order valence-electron chi connectivity index (χ2n) is 6.95. The van der Waals surface area contributed by atoms with E-state index in [1.165, 1.54) is 32.1 Å². The molecule has 0 radical (unpaired) electrons. The maximum absolute atomic E-state index is 11.7. The number of alkyl halides is 2. The Labute approximate surface area is 122 Å². The molecule has 4 bridgehead atoms. The Balaban J connectivity index is 1.70. The highest BCUT2D eigenvalue weighted by Gasteiger charge is 2.56. The molecule has 18 heavy (non-hydrogen) atoms. The monoisotopic (exact) mass is 333 g/mol. The van der Waals surface area contributed by atoms with E-state index >= 15 is 0 Å². The van der Waals surface area contributed by atoms with Crippen LogP contribution in [0.15, 0.2) is 0 Å². The van der Waals surface area contributed by atoms with E-state index in [-0.39, 0.29) is 15.6 Å². The molecule has 3 atom stereocenters. The third-order valence-corrected chi connectivity index (χ3v) is 5.97. The third-order valence-electron chi connectivity index (χ3n) is 5.11. The summed E-state index contributed by atoms with van der Waals surface area (Å²) in [4.78, 5) is 11.7. The number of hydrogen-bond acceptors (Lipinski definition) is 1. The van der Waals surface area contributed by atoms with Gasteiger partial charge >= 0.3 is 0 Å². The predicted octanol–water partition coefficient (Wildman–Crippen LogP) is 3.46. The van der Waals surface area contributed by atoms with Crippen LogP contribution in [0, 0.1) is 17.3 Å². The first-order valence-corrected chi connectivity index (χ1v) is 8.30. The molecule has 1 N–H and O–H groups in total. The minimum absolute atomic E-state index is 0.0504. The van der Waals surface area contributed by atoms with Gasteiger partial charge in [0.15, 0.2) is 0 Å². The van der Waals surface area contributed by atoms with Gasteiger partial charge in [0.2, 0.25) is 5.91 Å². The minimum Gasteiger partial charge on any atom is -0.355 e. The molecule has 4 aliphatic rings. The maximum atomic E-state index is 11.7. The van der Waals surface area contributed by atoms with E-state index in [2.05, 4.69) is 21.2 Å². The molecule has 4 rings (SSSR count). The van der Waals surface area contributed by atoms with Crippen molar-refractivity contribution in [3.63, 3.8) is 0 Å². The molecular weight excluding hydrogens is 314 g/mol. The van der Waals surface area contributed by atoms with Crippen molar-refractivity contribution >= 4 is 33.4 Å². The molecule has 2 nitrogen and oxygen atoms in total. The van der Waals surface area contributed by atoms with E-state index in [1.807, 2.05) is 6.92 Å². The zero-order valence-corrected chi connectivity index (χ0v) is 13.2. The van der Waals surface area contributed by atoms with Gasteiger partial charge < -0.3 is 5.32 Å². The van der Waals surface area contributed by atoms with Crippen LogP contribution >= 0.6 is 27.5 Å². The van der Waals surface area contributed by atoms with E-state index in [9.17, 15) is 4.79 Å². The SMILES string of the molecule is CC(Br)C(=O)NCC12CC3CC(CC(Cl)(C3)C1)C2. The van der Waals surface area contributed by atoms with Gasteiger partial charge in [-0.1, -0.05) is 15.9 Å². The summed E-state index contributed by atoms with van der Waals surface area (Å²) in [5.41, 5.74) is 0.295. The Hall–Kier alpha value is 0.240. The van der Waals surface area contributed by atoms with Crippen LogP contribution in [-0.2, 0) is 4.79 Å². The van der Waals surface area contributed by atoms with Gasteiger partial charge in [-0.05, 0) is 62.7 Å². The van der Waals surface area contributed by atoms with Gasteiger partial charge in [-0.2, -0.15) is 0 Å². The van der Waals surface area contributed by atoms with Crippen LogP contribution in [0.2, 0.25) is 0 Å². The maximum Gasteiger partial charge on any atom is 0.233 e. The molecule has 4 heteroatoms. The van der Waals surface area contributed by atoms with Crippen LogP contribution in [0.3, 0.4) is 0 Å². The number of rotatable bonds is 3. The minimum atomic E-state index is -0.101. The smallest absolute Gasteiger partial charge is 0.233 e. The molecular formula is C14H21BrClNO. The summed E-state index contributed by atoms with van der Waals surface area (Å²) in [5.74, 6) is 1.72. The van der Waals surface area contributed by atoms with Crippen molar-refractivity contribution in [3.8, 4) is 0 Å². The quantitative estimate of drug-likeness (QED) is 0.787. The molecule has 0 aromatic carbocycles. The van der Waals surface area contributed by atoms with E-state index < -0.39 is 0 Å². The number of carbonyl (C=O) groups is 1. The molecule has 0 spiro atoms. The molecule has 0 heterocycles. The average Bonchev–Trinajstić information content (AvgIpc) is 2.22. The van der Waals surface area contributed by atoms with Gasteiger partial charge in [0.05, 0.1) is 4.83 Å².